The molecule has 1 aromatic carbocycles. The van der Waals surface area contributed by atoms with Crippen molar-refractivity contribution in [1.82, 2.24) is 0 Å². The summed E-state index contributed by atoms with van der Waals surface area (Å²) >= 11 is 5.97. The lowest BCUT2D eigenvalue weighted by Gasteiger charge is -2.09. The van der Waals surface area contributed by atoms with Crippen molar-refractivity contribution in [1.29, 1.82) is 0 Å². The first kappa shape index (κ1) is 14.2. The van der Waals surface area contributed by atoms with Crippen LogP contribution >= 0.6 is 11.6 Å². The number of hydrogen-bond acceptors (Lipinski definition) is 3. The van der Waals surface area contributed by atoms with E-state index in [0.717, 1.165) is 0 Å². The Bertz CT molecular complexity index is 627. The molecule has 2 rings (SSSR count). The molecule has 19 heavy (non-hydrogen) atoms. The van der Waals surface area contributed by atoms with E-state index in [9.17, 15) is 8.42 Å². The molecule has 0 atom stereocenters. The van der Waals surface area contributed by atoms with Gasteiger partial charge in [0.1, 0.15) is 0 Å². The summed E-state index contributed by atoms with van der Waals surface area (Å²) in [4.78, 5) is 0. The number of aliphatic hydroxyl groups is 1. The van der Waals surface area contributed by atoms with Crippen LogP contribution in [0.2, 0.25) is 5.02 Å². The maximum Gasteiger partial charge on any atom is 0.235 e. The van der Waals surface area contributed by atoms with Crippen molar-refractivity contribution >= 4 is 27.3 Å². The molecule has 0 amide bonds. The Morgan fingerprint density at radius 2 is 2.16 bits per heavy atom. The Hall–Kier alpha value is -1.22. The largest absolute Gasteiger partial charge is 0.395 e. The number of anilines is 1. The highest BCUT2D eigenvalue weighted by molar-refractivity contribution is 7.93. The molecule has 0 heterocycles. The summed E-state index contributed by atoms with van der Waals surface area (Å²) in [6.07, 6.45) is 1.78. The molecule has 0 bridgehead atoms. The van der Waals surface area contributed by atoms with Gasteiger partial charge in [0, 0.05) is 12.0 Å². The van der Waals surface area contributed by atoms with Gasteiger partial charge in [0.2, 0.25) is 10.0 Å². The minimum absolute atomic E-state index is 0.00174. The van der Waals surface area contributed by atoms with Gasteiger partial charge in [0.15, 0.2) is 0 Å². The Balaban J connectivity index is 2.20. The molecule has 102 valence electrons. The van der Waals surface area contributed by atoms with Gasteiger partial charge in [-0.2, -0.15) is 0 Å². The molecule has 4 nitrogen and oxygen atoms in total. The van der Waals surface area contributed by atoms with Crippen LogP contribution in [0, 0.1) is 11.8 Å². The smallest absolute Gasteiger partial charge is 0.235 e. The monoisotopic (exact) mass is 299 g/mol. The third kappa shape index (κ3) is 3.87. The average molecular weight is 300 g/mol. The van der Waals surface area contributed by atoms with Gasteiger partial charge in [-0.3, -0.25) is 4.72 Å². The Labute approximate surface area is 117 Å². The summed E-state index contributed by atoms with van der Waals surface area (Å²) in [5.41, 5.74) is 1.01. The summed E-state index contributed by atoms with van der Waals surface area (Å²) < 4.78 is 26.2. The molecule has 1 saturated carbocycles. The van der Waals surface area contributed by atoms with Crippen LogP contribution in [0.4, 0.5) is 5.69 Å². The first-order valence-electron chi connectivity index (χ1n) is 5.94. The average Bonchev–Trinajstić information content (AvgIpc) is 3.17. The summed E-state index contributed by atoms with van der Waals surface area (Å²) in [5.74, 6) is 5.62. The first-order chi connectivity index (χ1) is 9.03. The number of halogens is 1. The van der Waals surface area contributed by atoms with E-state index in [4.69, 9.17) is 16.7 Å². The van der Waals surface area contributed by atoms with Crippen molar-refractivity contribution in [2.24, 2.45) is 0 Å². The zero-order chi connectivity index (χ0) is 13.9. The van der Waals surface area contributed by atoms with Crippen molar-refractivity contribution in [3.63, 3.8) is 0 Å². The maximum absolute atomic E-state index is 11.8. The van der Waals surface area contributed by atoms with Gasteiger partial charge < -0.3 is 5.11 Å². The van der Waals surface area contributed by atoms with E-state index in [1.807, 2.05) is 0 Å². The Kier molecular flexibility index (Phi) is 4.35. The molecule has 0 aromatic heterocycles. The second kappa shape index (κ2) is 5.83. The molecule has 1 aliphatic carbocycles. The topological polar surface area (TPSA) is 66.4 Å². The van der Waals surface area contributed by atoms with Crippen molar-refractivity contribution in [2.75, 3.05) is 11.3 Å². The van der Waals surface area contributed by atoms with Crippen LogP contribution in [0.5, 0.6) is 0 Å². The number of sulfonamides is 1. The SMILES string of the molecule is O=S(=O)(Nc1cc(C#CCCO)ccc1Cl)C1CC1. The van der Waals surface area contributed by atoms with E-state index in [1.54, 1.807) is 18.2 Å². The van der Waals surface area contributed by atoms with E-state index in [0.29, 0.717) is 35.5 Å². The predicted octanol–water partition coefficient (Wildman–Crippen LogP) is 1.98. The van der Waals surface area contributed by atoms with Crippen LogP contribution in [-0.2, 0) is 10.0 Å². The summed E-state index contributed by atoms with van der Waals surface area (Å²) in [6, 6.07) is 4.92. The lowest BCUT2D eigenvalue weighted by Crippen LogP contribution is -2.17. The number of rotatable bonds is 4. The standard InChI is InChI=1S/C13H14ClNO3S/c14-12-7-4-10(3-1-2-8-16)9-13(12)15-19(17,18)11-5-6-11/h4,7,9,11,15-16H,2,5-6,8H2. The second-order valence-electron chi connectivity index (χ2n) is 4.32. The molecule has 0 radical (unpaired) electrons. The lowest BCUT2D eigenvalue weighted by molar-refractivity contribution is 0.305. The van der Waals surface area contributed by atoms with Gasteiger partial charge in [-0.25, -0.2) is 8.42 Å². The molecule has 0 saturated heterocycles. The highest BCUT2D eigenvalue weighted by Crippen LogP contribution is 2.32. The molecule has 0 aliphatic heterocycles. The quantitative estimate of drug-likeness (QED) is 0.836. The molecule has 0 spiro atoms. The highest BCUT2D eigenvalue weighted by Gasteiger charge is 2.36. The van der Waals surface area contributed by atoms with Crippen molar-refractivity contribution in [3.8, 4) is 11.8 Å². The summed E-state index contributed by atoms with van der Waals surface area (Å²) in [6.45, 7) is 0.00174. The van der Waals surface area contributed by atoms with Crippen LogP contribution in [0.3, 0.4) is 0 Å². The van der Waals surface area contributed by atoms with Gasteiger partial charge in [-0.15, -0.1) is 0 Å². The molecule has 0 unspecified atom stereocenters. The van der Waals surface area contributed by atoms with Crippen molar-refractivity contribution in [3.05, 3.63) is 28.8 Å². The van der Waals surface area contributed by atoms with Crippen molar-refractivity contribution < 1.29 is 13.5 Å². The Morgan fingerprint density at radius 1 is 1.42 bits per heavy atom. The van der Waals surface area contributed by atoms with Gasteiger partial charge in [0.05, 0.1) is 22.6 Å². The number of nitrogens with one attached hydrogen (secondary N) is 1. The van der Waals surface area contributed by atoms with E-state index in [2.05, 4.69) is 16.6 Å². The number of benzene rings is 1. The summed E-state index contributed by atoms with van der Waals surface area (Å²) in [7, 11) is -3.33. The fourth-order valence-corrected chi connectivity index (χ4v) is 3.14. The lowest BCUT2D eigenvalue weighted by atomic mass is 10.2. The maximum atomic E-state index is 11.8. The number of aliphatic hydroxyl groups excluding tert-OH is 1. The highest BCUT2D eigenvalue weighted by atomic mass is 35.5. The fourth-order valence-electron chi connectivity index (χ4n) is 1.52. The zero-order valence-electron chi connectivity index (χ0n) is 10.2. The predicted molar refractivity (Wildman–Crippen MR) is 75.6 cm³/mol. The molecule has 6 heteroatoms. The van der Waals surface area contributed by atoms with Crippen LogP contribution in [0.15, 0.2) is 18.2 Å². The molecule has 1 fully saturated rings. The summed E-state index contributed by atoms with van der Waals surface area (Å²) in [5, 5.41) is 8.69. The molecule has 1 aromatic rings. The van der Waals surface area contributed by atoms with Crippen molar-refractivity contribution in [2.45, 2.75) is 24.5 Å². The fraction of sp³-hybridized carbons (Fsp3) is 0.385. The van der Waals surface area contributed by atoms with E-state index >= 15 is 0 Å². The van der Waals surface area contributed by atoms with Gasteiger partial charge in [-0.1, -0.05) is 23.4 Å². The van der Waals surface area contributed by atoms with Gasteiger partial charge >= 0.3 is 0 Å². The van der Waals surface area contributed by atoms with Gasteiger partial charge in [-0.05, 0) is 31.0 Å². The molecule has 2 N–H and O–H groups in total. The van der Waals surface area contributed by atoms with E-state index < -0.39 is 10.0 Å². The van der Waals surface area contributed by atoms with Crippen LogP contribution in [-0.4, -0.2) is 25.4 Å². The van der Waals surface area contributed by atoms with Crippen LogP contribution < -0.4 is 4.72 Å². The van der Waals surface area contributed by atoms with E-state index in [-0.39, 0.29) is 11.9 Å². The third-order valence-electron chi connectivity index (χ3n) is 2.65. The van der Waals surface area contributed by atoms with E-state index in [1.165, 1.54) is 0 Å². The third-order valence-corrected chi connectivity index (χ3v) is 4.83. The van der Waals surface area contributed by atoms with Crippen LogP contribution in [0.25, 0.3) is 0 Å². The Morgan fingerprint density at radius 3 is 2.79 bits per heavy atom. The second-order valence-corrected chi connectivity index (χ2v) is 6.68. The molecular weight excluding hydrogens is 286 g/mol. The first-order valence-corrected chi connectivity index (χ1v) is 7.86. The molecular formula is C13H14ClNO3S. The normalized spacial score (nSPS) is 14.6. The zero-order valence-corrected chi connectivity index (χ0v) is 11.8. The number of hydrogen-bond donors (Lipinski definition) is 2. The minimum Gasteiger partial charge on any atom is -0.395 e. The minimum atomic E-state index is -3.33. The molecule has 1 aliphatic rings. The van der Waals surface area contributed by atoms with Crippen LogP contribution in [0.1, 0.15) is 24.8 Å². The van der Waals surface area contributed by atoms with Gasteiger partial charge in [0.25, 0.3) is 0 Å².